The number of ketones is 1. The van der Waals surface area contributed by atoms with Crippen LogP contribution in [0.15, 0.2) is 28.7 Å². The Morgan fingerprint density at radius 2 is 2.16 bits per heavy atom. The summed E-state index contributed by atoms with van der Waals surface area (Å²) in [5.41, 5.74) is 0.116. The van der Waals surface area contributed by atoms with Gasteiger partial charge < -0.3 is 9.15 Å². The minimum absolute atomic E-state index is 0.0329. The van der Waals surface area contributed by atoms with E-state index in [9.17, 15) is 9.18 Å². The number of furan rings is 1. The zero-order valence-corrected chi connectivity index (χ0v) is 11.3. The lowest BCUT2D eigenvalue weighted by atomic mass is 10.0. The fourth-order valence-corrected chi connectivity index (χ4v) is 2.04. The molecule has 3 nitrogen and oxygen atoms in total. The largest absolute Gasteiger partial charge is 0.450 e. The minimum atomic E-state index is -0.561. The van der Waals surface area contributed by atoms with Gasteiger partial charge in [-0.15, -0.1) is 0 Å². The van der Waals surface area contributed by atoms with Crippen LogP contribution < -0.4 is 0 Å². The summed E-state index contributed by atoms with van der Waals surface area (Å²) in [6.45, 7) is 6.09. The summed E-state index contributed by atoms with van der Waals surface area (Å²) in [7, 11) is 0. The third-order valence-electron chi connectivity index (χ3n) is 2.95. The van der Waals surface area contributed by atoms with E-state index < -0.39 is 11.9 Å². The van der Waals surface area contributed by atoms with Gasteiger partial charge in [-0.1, -0.05) is 26.0 Å². The summed E-state index contributed by atoms with van der Waals surface area (Å²) in [6.07, 6.45) is -0.561. The topological polar surface area (TPSA) is 39.4 Å². The average Bonchev–Trinajstić information content (AvgIpc) is 2.80. The zero-order valence-electron chi connectivity index (χ0n) is 11.3. The predicted molar refractivity (Wildman–Crippen MR) is 70.8 cm³/mol. The molecule has 1 aromatic heterocycles. The average molecular weight is 264 g/mol. The van der Waals surface area contributed by atoms with Crippen molar-refractivity contribution in [2.24, 2.45) is 5.92 Å². The molecule has 1 aromatic carbocycles. The molecule has 1 heterocycles. The first kappa shape index (κ1) is 13.7. The molecule has 0 saturated carbocycles. The van der Waals surface area contributed by atoms with Crippen molar-refractivity contribution in [1.82, 2.24) is 0 Å². The van der Waals surface area contributed by atoms with Crippen LogP contribution in [0, 0.1) is 11.7 Å². The molecule has 1 atom stereocenters. The molecule has 0 aliphatic rings. The Labute approximate surface area is 111 Å². The summed E-state index contributed by atoms with van der Waals surface area (Å²) in [5, 5.41) is 0.586. The Bertz CT molecular complexity index is 586. The summed E-state index contributed by atoms with van der Waals surface area (Å²) in [6, 6.07) is 6.17. The quantitative estimate of drug-likeness (QED) is 0.771. The van der Waals surface area contributed by atoms with E-state index in [1.54, 1.807) is 18.2 Å². The second-order valence-corrected chi connectivity index (χ2v) is 4.75. The Kier molecular flexibility index (Phi) is 4.00. The second kappa shape index (κ2) is 5.53. The number of hydrogen-bond acceptors (Lipinski definition) is 3. The van der Waals surface area contributed by atoms with Crippen LogP contribution >= 0.6 is 0 Å². The van der Waals surface area contributed by atoms with Gasteiger partial charge in [-0.05, 0) is 25.0 Å². The van der Waals surface area contributed by atoms with Gasteiger partial charge in [0.25, 0.3) is 0 Å². The minimum Gasteiger partial charge on any atom is -0.450 e. The van der Waals surface area contributed by atoms with E-state index in [0.29, 0.717) is 12.0 Å². The van der Waals surface area contributed by atoms with Gasteiger partial charge in [-0.25, -0.2) is 4.39 Å². The molecule has 0 radical (unpaired) electrons. The number of carbonyl (C=O) groups is 1. The van der Waals surface area contributed by atoms with Crippen LogP contribution in [0.5, 0.6) is 0 Å². The maximum absolute atomic E-state index is 13.5. The fourth-order valence-electron chi connectivity index (χ4n) is 2.04. The highest BCUT2D eigenvalue weighted by Gasteiger charge is 2.27. The molecule has 0 aliphatic carbocycles. The number of ether oxygens (including phenoxy) is 1. The fraction of sp³-hybridized carbons (Fsp3) is 0.400. The van der Waals surface area contributed by atoms with Gasteiger partial charge in [0.15, 0.2) is 17.2 Å². The first-order chi connectivity index (χ1) is 9.04. The maximum Gasteiger partial charge on any atom is 0.226 e. The van der Waals surface area contributed by atoms with Crippen LogP contribution in [0.4, 0.5) is 4.39 Å². The lowest BCUT2D eigenvalue weighted by Gasteiger charge is -2.17. The molecule has 102 valence electrons. The molecule has 0 aliphatic heterocycles. The first-order valence-electron chi connectivity index (χ1n) is 6.38. The third-order valence-corrected chi connectivity index (χ3v) is 2.95. The third kappa shape index (κ3) is 2.68. The Morgan fingerprint density at radius 3 is 2.74 bits per heavy atom. The molecule has 4 heteroatoms. The second-order valence-electron chi connectivity index (χ2n) is 4.75. The van der Waals surface area contributed by atoms with Gasteiger partial charge in [0.1, 0.15) is 6.10 Å². The summed E-state index contributed by atoms with van der Waals surface area (Å²) in [4.78, 5) is 12.3. The van der Waals surface area contributed by atoms with Crippen molar-refractivity contribution >= 4 is 16.8 Å². The summed E-state index contributed by atoms with van der Waals surface area (Å²) in [5.74, 6) is -0.528. The molecule has 19 heavy (non-hydrogen) atoms. The number of hydrogen-bond donors (Lipinski definition) is 0. The number of halogens is 1. The van der Waals surface area contributed by atoms with E-state index in [1.807, 2.05) is 20.8 Å². The summed E-state index contributed by atoms with van der Waals surface area (Å²) < 4.78 is 24.3. The van der Waals surface area contributed by atoms with Gasteiger partial charge in [-0.3, -0.25) is 4.79 Å². The van der Waals surface area contributed by atoms with Crippen LogP contribution in [0.25, 0.3) is 11.0 Å². The number of fused-ring (bicyclic) bond motifs is 1. The zero-order chi connectivity index (χ0) is 14.0. The van der Waals surface area contributed by atoms with Crippen LogP contribution in [0.3, 0.4) is 0 Å². The molecule has 0 spiro atoms. The van der Waals surface area contributed by atoms with Crippen LogP contribution in [-0.2, 0) is 4.74 Å². The van der Waals surface area contributed by atoms with Crippen molar-refractivity contribution in [3.05, 3.63) is 35.8 Å². The molecular formula is C15H17FO3. The van der Waals surface area contributed by atoms with Crippen LogP contribution in [0.2, 0.25) is 0 Å². The SMILES string of the molecule is CCOC(C(=O)c1cc2cccc(F)c2o1)C(C)C. The van der Waals surface area contributed by atoms with Crippen molar-refractivity contribution in [2.75, 3.05) is 6.61 Å². The number of benzene rings is 1. The van der Waals surface area contributed by atoms with Gasteiger partial charge in [0.2, 0.25) is 5.78 Å². The molecule has 0 fully saturated rings. The molecule has 0 bridgehead atoms. The van der Waals surface area contributed by atoms with E-state index >= 15 is 0 Å². The standard InChI is InChI=1S/C15H17FO3/c1-4-18-14(9(2)3)13(17)12-8-10-6-5-7-11(16)15(10)19-12/h5-9,14H,4H2,1-3H3. The number of rotatable bonds is 5. The predicted octanol–water partition coefficient (Wildman–Crippen LogP) is 3.82. The lowest BCUT2D eigenvalue weighted by Crippen LogP contribution is -2.29. The van der Waals surface area contributed by atoms with Gasteiger partial charge in [-0.2, -0.15) is 0 Å². The monoisotopic (exact) mass is 264 g/mol. The van der Waals surface area contributed by atoms with Gasteiger partial charge in [0.05, 0.1) is 0 Å². The van der Waals surface area contributed by atoms with E-state index in [2.05, 4.69) is 0 Å². The van der Waals surface area contributed by atoms with E-state index in [0.717, 1.165) is 0 Å². The number of Topliss-reactive ketones (excluding diaryl/α,β-unsaturated/α-hetero) is 1. The van der Waals surface area contributed by atoms with Gasteiger partial charge >= 0.3 is 0 Å². The van der Waals surface area contributed by atoms with Gasteiger partial charge in [0, 0.05) is 12.0 Å². The van der Waals surface area contributed by atoms with E-state index in [1.165, 1.54) is 6.07 Å². The molecule has 1 unspecified atom stereocenters. The van der Waals surface area contributed by atoms with Crippen LogP contribution in [0.1, 0.15) is 31.3 Å². The highest BCUT2D eigenvalue weighted by Crippen LogP contribution is 2.24. The Balaban J connectivity index is 2.38. The molecule has 0 saturated heterocycles. The first-order valence-corrected chi connectivity index (χ1v) is 6.38. The van der Waals surface area contributed by atoms with Crippen molar-refractivity contribution in [3.8, 4) is 0 Å². The smallest absolute Gasteiger partial charge is 0.226 e. The lowest BCUT2D eigenvalue weighted by molar-refractivity contribution is 0.0259. The molecule has 0 N–H and O–H groups in total. The molecule has 2 aromatic rings. The van der Waals surface area contributed by atoms with E-state index in [-0.39, 0.29) is 23.0 Å². The summed E-state index contributed by atoms with van der Waals surface area (Å²) >= 11 is 0. The maximum atomic E-state index is 13.5. The van der Waals surface area contributed by atoms with Crippen LogP contribution in [-0.4, -0.2) is 18.5 Å². The van der Waals surface area contributed by atoms with Crippen molar-refractivity contribution < 1.29 is 18.3 Å². The number of carbonyl (C=O) groups excluding carboxylic acids is 1. The molecule has 2 rings (SSSR count). The highest BCUT2D eigenvalue weighted by atomic mass is 19.1. The highest BCUT2D eigenvalue weighted by molar-refractivity contribution is 6.00. The molecule has 0 amide bonds. The van der Waals surface area contributed by atoms with Crippen molar-refractivity contribution in [1.29, 1.82) is 0 Å². The normalized spacial score (nSPS) is 13.1. The Morgan fingerprint density at radius 1 is 1.42 bits per heavy atom. The van der Waals surface area contributed by atoms with Crippen molar-refractivity contribution in [2.45, 2.75) is 26.9 Å². The van der Waals surface area contributed by atoms with E-state index in [4.69, 9.17) is 9.15 Å². The Hall–Kier alpha value is -1.68. The molecular weight excluding hydrogens is 247 g/mol. The number of para-hydroxylation sites is 1. The van der Waals surface area contributed by atoms with Crippen molar-refractivity contribution in [3.63, 3.8) is 0 Å².